The molecule has 2 fully saturated rings. The molecule has 38 heavy (non-hydrogen) atoms. The van der Waals surface area contributed by atoms with Crippen LogP contribution in [-0.4, -0.2) is 96.3 Å². The van der Waals surface area contributed by atoms with Gasteiger partial charge in [0.25, 0.3) is 0 Å². The quantitative estimate of drug-likeness (QED) is 0.305. The molecule has 2 saturated heterocycles. The Morgan fingerprint density at radius 3 is 2.68 bits per heavy atom. The number of urea groups is 1. The smallest absolute Gasteiger partial charge is 0.315 e. The SMILES string of the molecule is COCCNC(=O)NC1CCN(c2cc(N3CCNCC3)nc(Nc3cc4c(cn3)cnn4C(C)C)n2)C1. The van der Waals surface area contributed by atoms with Crippen LogP contribution in [0.5, 0.6) is 0 Å². The molecule has 1 atom stereocenters. The molecule has 0 bridgehead atoms. The molecule has 0 radical (unpaired) electrons. The highest BCUT2D eigenvalue weighted by Crippen LogP contribution is 2.27. The first kappa shape index (κ1) is 25.9. The van der Waals surface area contributed by atoms with Crippen molar-refractivity contribution in [1.29, 1.82) is 0 Å². The van der Waals surface area contributed by atoms with Gasteiger partial charge in [0.2, 0.25) is 5.95 Å². The number of hydrogen-bond acceptors (Lipinski definition) is 10. The molecule has 1 unspecified atom stereocenters. The lowest BCUT2D eigenvalue weighted by Crippen LogP contribution is -2.44. The molecule has 3 aromatic rings. The number of methoxy groups -OCH3 is 1. The van der Waals surface area contributed by atoms with Gasteiger partial charge in [-0.25, -0.2) is 9.78 Å². The maximum Gasteiger partial charge on any atom is 0.315 e. The standard InChI is InChI=1S/C25H37N11O2/c1-17(2)36-20-12-21(28-14-18(20)15-29-36)31-24-32-22(34-9-5-26-6-10-34)13-23(33-24)35-8-4-19(16-35)30-25(37)27-7-11-38-3/h12-15,17,19,26H,4-11,16H2,1-3H3,(H2,27,30,37)(H,28,31,32,33). The number of amides is 2. The lowest BCUT2D eigenvalue weighted by Gasteiger charge is -2.29. The van der Waals surface area contributed by atoms with Crippen LogP contribution in [0.2, 0.25) is 0 Å². The summed E-state index contributed by atoms with van der Waals surface area (Å²) in [5.74, 6) is 2.86. The van der Waals surface area contributed by atoms with Crippen LogP contribution < -0.4 is 31.1 Å². The summed E-state index contributed by atoms with van der Waals surface area (Å²) in [5, 5.41) is 18.1. The number of piperazine rings is 1. The number of nitrogens with one attached hydrogen (secondary N) is 4. The number of carbonyl (C=O) groups excluding carboxylic acids is 1. The Hall–Kier alpha value is -3.71. The molecular weight excluding hydrogens is 486 g/mol. The van der Waals surface area contributed by atoms with Crippen molar-refractivity contribution in [2.24, 2.45) is 0 Å². The minimum atomic E-state index is -0.178. The van der Waals surface area contributed by atoms with Gasteiger partial charge in [-0.15, -0.1) is 0 Å². The van der Waals surface area contributed by atoms with Crippen LogP contribution in [0.3, 0.4) is 0 Å². The van der Waals surface area contributed by atoms with Gasteiger partial charge < -0.3 is 35.8 Å². The van der Waals surface area contributed by atoms with Crippen molar-refractivity contribution in [1.82, 2.24) is 40.7 Å². The number of ether oxygens (including phenoxy) is 1. The number of nitrogens with zero attached hydrogens (tertiary/aromatic N) is 7. The van der Waals surface area contributed by atoms with Crippen molar-refractivity contribution >= 4 is 40.3 Å². The average molecular weight is 524 g/mol. The second kappa shape index (κ2) is 11.8. The summed E-state index contributed by atoms with van der Waals surface area (Å²) in [7, 11) is 1.61. The van der Waals surface area contributed by atoms with Gasteiger partial charge in [-0.3, -0.25) is 4.68 Å². The molecule has 0 saturated carbocycles. The second-order valence-electron chi connectivity index (χ2n) is 9.91. The second-order valence-corrected chi connectivity index (χ2v) is 9.91. The molecule has 5 rings (SSSR count). The van der Waals surface area contributed by atoms with Crippen LogP contribution in [0.4, 0.5) is 28.2 Å². The van der Waals surface area contributed by atoms with Gasteiger partial charge in [-0.1, -0.05) is 0 Å². The Morgan fingerprint density at radius 2 is 1.92 bits per heavy atom. The molecular formula is C25H37N11O2. The normalized spacial score (nSPS) is 17.8. The van der Waals surface area contributed by atoms with E-state index in [1.807, 2.05) is 29.2 Å². The van der Waals surface area contributed by atoms with E-state index < -0.39 is 0 Å². The Labute approximate surface area is 222 Å². The van der Waals surface area contributed by atoms with E-state index in [1.54, 1.807) is 7.11 Å². The third kappa shape index (κ3) is 6.05. The number of carbonyl (C=O) groups is 1. The highest BCUT2D eigenvalue weighted by atomic mass is 16.5. The lowest BCUT2D eigenvalue weighted by atomic mass is 10.3. The van der Waals surface area contributed by atoms with E-state index in [9.17, 15) is 4.79 Å². The van der Waals surface area contributed by atoms with Gasteiger partial charge in [-0.05, 0) is 20.3 Å². The Bertz CT molecular complexity index is 1240. The van der Waals surface area contributed by atoms with E-state index in [0.717, 1.165) is 61.7 Å². The Balaban J connectivity index is 1.36. The van der Waals surface area contributed by atoms with Gasteiger partial charge in [0, 0.05) is 88.7 Å². The number of fused-ring (bicyclic) bond motifs is 1. The Kier molecular flexibility index (Phi) is 8.03. The highest BCUT2D eigenvalue weighted by molar-refractivity contribution is 5.81. The summed E-state index contributed by atoms with van der Waals surface area (Å²) in [6, 6.07) is 4.12. The van der Waals surface area contributed by atoms with Gasteiger partial charge in [-0.2, -0.15) is 15.1 Å². The van der Waals surface area contributed by atoms with E-state index in [4.69, 9.17) is 14.7 Å². The summed E-state index contributed by atoms with van der Waals surface area (Å²) >= 11 is 0. The van der Waals surface area contributed by atoms with Crippen LogP contribution >= 0.6 is 0 Å². The zero-order chi connectivity index (χ0) is 26.5. The fourth-order valence-electron chi connectivity index (χ4n) is 4.82. The van der Waals surface area contributed by atoms with Crippen LogP contribution in [0.1, 0.15) is 26.3 Å². The predicted octanol–water partition coefficient (Wildman–Crippen LogP) is 1.48. The number of pyridine rings is 1. The van der Waals surface area contributed by atoms with Crippen molar-refractivity contribution < 1.29 is 9.53 Å². The minimum Gasteiger partial charge on any atom is -0.383 e. The van der Waals surface area contributed by atoms with Crippen LogP contribution in [-0.2, 0) is 4.74 Å². The van der Waals surface area contributed by atoms with Crippen molar-refractivity contribution in [3.05, 3.63) is 24.5 Å². The molecule has 2 amide bonds. The van der Waals surface area contributed by atoms with E-state index in [1.165, 1.54) is 0 Å². The molecule has 13 nitrogen and oxygen atoms in total. The molecule has 2 aliphatic rings. The van der Waals surface area contributed by atoms with E-state index in [2.05, 4.69) is 55.0 Å². The fraction of sp³-hybridized carbons (Fsp3) is 0.560. The maximum atomic E-state index is 12.2. The first-order valence-corrected chi connectivity index (χ1v) is 13.2. The zero-order valence-corrected chi connectivity index (χ0v) is 22.3. The molecule has 0 spiro atoms. The fourth-order valence-corrected chi connectivity index (χ4v) is 4.82. The molecule has 0 aromatic carbocycles. The van der Waals surface area contributed by atoms with E-state index >= 15 is 0 Å². The Morgan fingerprint density at radius 1 is 1.13 bits per heavy atom. The highest BCUT2D eigenvalue weighted by Gasteiger charge is 2.26. The third-order valence-electron chi connectivity index (χ3n) is 6.79. The number of anilines is 4. The van der Waals surface area contributed by atoms with E-state index in [-0.39, 0.29) is 18.1 Å². The largest absolute Gasteiger partial charge is 0.383 e. The van der Waals surface area contributed by atoms with Crippen molar-refractivity contribution in [2.75, 3.05) is 74.6 Å². The lowest BCUT2D eigenvalue weighted by molar-refractivity contribution is 0.195. The molecule has 2 aliphatic heterocycles. The van der Waals surface area contributed by atoms with Gasteiger partial charge in [0.05, 0.1) is 18.3 Å². The molecule has 13 heteroatoms. The average Bonchev–Trinajstić information content (AvgIpc) is 3.56. The summed E-state index contributed by atoms with van der Waals surface area (Å²) in [4.78, 5) is 31.0. The maximum absolute atomic E-state index is 12.2. The molecule has 5 heterocycles. The van der Waals surface area contributed by atoms with Crippen molar-refractivity contribution in [3.8, 4) is 0 Å². The molecule has 3 aromatic heterocycles. The van der Waals surface area contributed by atoms with Crippen LogP contribution in [0.25, 0.3) is 10.9 Å². The molecule has 204 valence electrons. The first-order valence-electron chi connectivity index (χ1n) is 13.2. The minimum absolute atomic E-state index is 0.0342. The van der Waals surface area contributed by atoms with Gasteiger partial charge >= 0.3 is 6.03 Å². The number of rotatable bonds is 9. The summed E-state index contributed by atoms with van der Waals surface area (Å²) < 4.78 is 6.98. The van der Waals surface area contributed by atoms with Crippen LogP contribution in [0.15, 0.2) is 24.5 Å². The number of hydrogen-bond donors (Lipinski definition) is 4. The van der Waals surface area contributed by atoms with Crippen molar-refractivity contribution in [2.45, 2.75) is 32.4 Å². The monoisotopic (exact) mass is 523 g/mol. The third-order valence-corrected chi connectivity index (χ3v) is 6.79. The van der Waals surface area contributed by atoms with Crippen molar-refractivity contribution in [3.63, 3.8) is 0 Å². The zero-order valence-electron chi connectivity index (χ0n) is 22.3. The van der Waals surface area contributed by atoms with E-state index in [0.29, 0.717) is 31.5 Å². The van der Waals surface area contributed by atoms with Crippen LogP contribution in [0, 0.1) is 0 Å². The molecule has 4 N–H and O–H groups in total. The number of aromatic nitrogens is 5. The first-order chi connectivity index (χ1) is 18.5. The van der Waals surface area contributed by atoms with Gasteiger partial charge in [0.15, 0.2) is 0 Å². The topological polar surface area (TPSA) is 137 Å². The summed E-state index contributed by atoms with van der Waals surface area (Å²) in [5.41, 5.74) is 1.01. The van der Waals surface area contributed by atoms with Gasteiger partial charge in [0.1, 0.15) is 17.5 Å². The molecule has 0 aliphatic carbocycles. The summed E-state index contributed by atoms with van der Waals surface area (Å²) in [6.07, 6.45) is 4.49. The summed E-state index contributed by atoms with van der Waals surface area (Å²) in [6.45, 7) is 10.2. The predicted molar refractivity (Wildman–Crippen MR) is 147 cm³/mol.